The summed E-state index contributed by atoms with van der Waals surface area (Å²) in [5.74, 6) is -1.10. The third-order valence-electron chi connectivity index (χ3n) is 3.72. The summed E-state index contributed by atoms with van der Waals surface area (Å²) in [7, 11) is 0. The molecular formula is C16H23NO3. The highest BCUT2D eigenvalue weighted by Gasteiger charge is 2.22. The molecule has 1 rings (SSSR count). The summed E-state index contributed by atoms with van der Waals surface area (Å²) < 4.78 is 0. The van der Waals surface area contributed by atoms with Gasteiger partial charge < -0.3 is 10.0 Å². The number of carboxylic acid groups (broad SMARTS) is 1. The first-order chi connectivity index (χ1) is 9.36. The van der Waals surface area contributed by atoms with Crippen LogP contribution in [-0.2, 0) is 16.0 Å². The van der Waals surface area contributed by atoms with Crippen molar-refractivity contribution in [3.05, 3.63) is 34.9 Å². The molecule has 0 radical (unpaired) electrons. The summed E-state index contributed by atoms with van der Waals surface area (Å²) in [6, 6.07) is 5.84. The Morgan fingerprint density at radius 3 is 2.25 bits per heavy atom. The van der Waals surface area contributed by atoms with Crippen LogP contribution in [0, 0.1) is 13.8 Å². The predicted octanol–water partition coefficient (Wildman–Crippen LogP) is 2.56. The molecule has 0 spiro atoms. The molecule has 110 valence electrons. The largest absolute Gasteiger partial charge is 0.480 e. The molecule has 1 N–H and O–H groups in total. The van der Waals surface area contributed by atoms with Gasteiger partial charge in [-0.25, -0.2) is 0 Å². The number of carbonyl (C=O) groups excluding carboxylic acids is 1. The summed E-state index contributed by atoms with van der Waals surface area (Å²) in [6.07, 6.45) is 1.00. The minimum atomic E-state index is -0.972. The van der Waals surface area contributed by atoms with E-state index in [4.69, 9.17) is 5.11 Å². The molecule has 1 aromatic rings. The van der Waals surface area contributed by atoms with E-state index in [1.165, 1.54) is 4.90 Å². The highest BCUT2D eigenvalue weighted by molar-refractivity contribution is 5.83. The van der Waals surface area contributed by atoms with Gasteiger partial charge in [0.25, 0.3) is 0 Å². The topological polar surface area (TPSA) is 57.6 Å². The zero-order valence-corrected chi connectivity index (χ0v) is 12.6. The maximum absolute atomic E-state index is 12.4. The van der Waals surface area contributed by atoms with Crippen LogP contribution in [0.1, 0.15) is 37.0 Å². The molecule has 1 amide bonds. The second-order valence-corrected chi connectivity index (χ2v) is 5.22. The van der Waals surface area contributed by atoms with Crippen LogP contribution in [0.25, 0.3) is 0 Å². The lowest BCUT2D eigenvalue weighted by Crippen LogP contribution is -2.42. The lowest BCUT2D eigenvalue weighted by molar-refractivity contribution is -0.145. The highest BCUT2D eigenvalue weighted by atomic mass is 16.4. The number of aryl methyl sites for hydroxylation is 2. The molecule has 1 atom stereocenters. The van der Waals surface area contributed by atoms with Crippen molar-refractivity contribution in [3.8, 4) is 0 Å². The van der Waals surface area contributed by atoms with Crippen molar-refractivity contribution in [2.45, 2.75) is 46.6 Å². The van der Waals surface area contributed by atoms with Gasteiger partial charge in [-0.15, -0.1) is 0 Å². The van der Waals surface area contributed by atoms with Crippen LogP contribution < -0.4 is 0 Å². The van der Waals surface area contributed by atoms with Crippen LogP contribution >= 0.6 is 0 Å². The van der Waals surface area contributed by atoms with Gasteiger partial charge in [0.1, 0.15) is 6.54 Å². The molecule has 0 aliphatic rings. The Kier molecular flexibility index (Phi) is 5.74. The standard InChI is InChI=1S/C16H23NO3/c1-5-13(4)17(10-16(19)20)15(18)9-14-11(2)7-6-8-12(14)3/h6-8,13H,5,9-10H2,1-4H3,(H,19,20). The summed E-state index contributed by atoms with van der Waals surface area (Å²) >= 11 is 0. The molecule has 1 unspecified atom stereocenters. The molecule has 0 aliphatic heterocycles. The van der Waals surface area contributed by atoms with E-state index in [0.29, 0.717) is 0 Å². The van der Waals surface area contributed by atoms with Crippen LogP contribution in [0.2, 0.25) is 0 Å². The van der Waals surface area contributed by atoms with Gasteiger partial charge in [-0.05, 0) is 43.9 Å². The Hall–Kier alpha value is -1.84. The first-order valence-corrected chi connectivity index (χ1v) is 6.93. The van der Waals surface area contributed by atoms with Crippen LogP contribution in [0.15, 0.2) is 18.2 Å². The molecule has 0 bridgehead atoms. The van der Waals surface area contributed by atoms with E-state index in [2.05, 4.69) is 0 Å². The van der Waals surface area contributed by atoms with Gasteiger partial charge in [-0.2, -0.15) is 0 Å². The van der Waals surface area contributed by atoms with Crippen LogP contribution in [0.3, 0.4) is 0 Å². The first-order valence-electron chi connectivity index (χ1n) is 6.93. The maximum Gasteiger partial charge on any atom is 0.323 e. The Labute approximate surface area is 120 Å². The number of benzene rings is 1. The molecule has 0 fully saturated rings. The van der Waals surface area contributed by atoms with Gasteiger partial charge in [-0.1, -0.05) is 25.1 Å². The third-order valence-corrected chi connectivity index (χ3v) is 3.72. The van der Waals surface area contributed by atoms with Gasteiger partial charge in [0.05, 0.1) is 6.42 Å². The number of hydrogen-bond acceptors (Lipinski definition) is 2. The Balaban J connectivity index is 2.93. The average Bonchev–Trinajstić information content (AvgIpc) is 2.39. The zero-order chi connectivity index (χ0) is 15.3. The molecule has 20 heavy (non-hydrogen) atoms. The van der Waals surface area contributed by atoms with Crippen molar-refractivity contribution in [3.63, 3.8) is 0 Å². The summed E-state index contributed by atoms with van der Waals surface area (Å²) in [6.45, 7) is 7.54. The van der Waals surface area contributed by atoms with Crippen molar-refractivity contribution in [1.82, 2.24) is 4.90 Å². The Morgan fingerprint density at radius 1 is 1.25 bits per heavy atom. The van der Waals surface area contributed by atoms with Crippen molar-refractivity contribution in [2.75, 3.05) is 6.54 Å². The SMILES string of the molecule is CCC(C)N(CC(=O)O)C(=O)Cc1c(C)cccc1C. The molecule has 4 nitrogen and oxygen atoms in total. The van der Waals surface area contributed by atoms with Crippen molar-refractivity contribution in [1.29, 1.82) is 0 Å². The smallest absolute Gasteiger partial charge is 0.323 e. The van der Waals surface area contributed by atoms with E-state index in [1.807, 2.05) is 45.9 Å². The minimum absolute atomic E-state index is 0.0667. The zero-order valence-electron chi connectivity index (χ0n) is 12.6. The molecule has 4 heteroatoms. The molecule has 0 aromatic heterocycles. The number of hydrogen-bond donors (Lipinski definition) is 1. The quantitative estimate of drug-likeness (QED) is 0.869. The van der Waals surface area contributed by atoms with Crippen molar-refractivity contribution in [2.24, 2.45) is 0 Å². The number of carboxylic acids is 1. The monoisotopic (exact) mass is 277 g/mol. The fourth-order valence-electron chi connectivity index (χ4n) is 2.24. The van der Waals surface area contributed by atoms with E-state index >= 15 is 0 Å². The summed E-state index contributed by atoms with van der Waals surface area (Å²) in [4.78, 5) is 24.8. The molecule has 0 aliphatic carbocycles. The lowest BCUT2D eigenvalue weighted by Gasteiger charge is -2.27. The van der Waals surface area contributed by atoms with Crippen molar-refractivity contribution >= 4 is 11.9 Å². The van der Waals surface area contributed by atoms with Gasteiger partial charge in [0, 0.05) is 6.04 Å². The Bertz CT molecular complexity index is 476. The number of nitrogens with zero attached hydrogens (tertiary/aromatic N) is 1. The fourth-order valence-corrected chi connectivity index (χ4v) is 2.24. The van der Waals surface area contributed by atoms with E-state index < -0.39 is 5.97 Å². The van der Waals surface area contributed by atoms with Gasteiger partial charge in [0.15, 0.2) is 0 Å². The second-order valence-electron chi connectivity index (χ2n) is 5.22. The van der Waals surface area contributed by atoms with Crippen LogP contribution in [0.5, 0.6) is 0 Å². The van der Waals surface area contributed by atoms with Gasteiger partial charge in [-0.3, -0.25) is 9.59 Å². The first kappa shape index (κ1) is 16.2. The van der Waals surface area contributed by atoms with Crippen LogP contribution in [0.4, 0.5) is 0 Å². The normalized spacial score (nSPS) is 12.0. The maximum atomic E-state index is 12.4. The predicted molar refractivity (Wildman–Crippen MR) is 78.7 cm³/mol. The number of carbonyl (C=O) groups is 2. The number of aliphatic carboxylic acids is 1. The van der Waals surface area contributed by atoms with Gasteiger partial charge >= 0.3 is 5.97 Å². The molecule has 0 heterocycles. The highest BCUT2D eigenvalue weighted by Crippen LogP contribution is 2.16. The summed E-state index contributed by atoms with van der Waals surface area (Å²) in [5, 5.41) is 8.96. The Morgan fingerprint density at radius 2 is 1.80 bits per heavy atom. The lowest BCUT2D eigenvalue weighted by atomic mass is 9.99. The molecular weight excluding hydrogens is 254 g/mol. The fraction of sp³-hybridized carbons (Fsp3) is 0.500. The van der Waals surface area contributed by atoms with E-state index in [-0.39, 0.29) is 24.9 Å². The van der Waals surface area contributed by atoms with Crippen molar-refractivity contribution < 1.29 is 14.7 Å². The molecule has 0 saturated carbocycles. The second kappa shape index (κ2) is 7.08. The van der Waals surface area contributed by atoms with Gasteiger partial charge in [0.2, 0.25) is 5.91 Å². The van der Waals surface area contributed by atoms with E-state index in [9.17, 15) is 9.59 Å². The number of rotatable bonds is 6. The summed E-state index contributed by atoms with van der Waals surface area (Å²) in [5.41, 5.74) is 3.13. The van der Waals surface area contributed by atoms with E-state index in [0.717, 1.165) is 23.1 Å². The van der Waals surface area contributed by atoms with E-state index in [1.54, 1.807) is 0 Å². The molecule has 0 saturated heterocycles. The third kappa shape index (κ3) is 4.08. The minimum Gasteiger partial charge on any atom is -0.480 e. The molecule has 1 aromatic carbocycles. The average molecular weight is 277 g/mol. The number of amides is 1. The van der Waals surface area contributed by atoms with Crippen LogP contribution in [-0.4, -0.2) is 34.5 Å².